The van der Waals surface area contributed by atoms with E-state index < -0.39 is 41.7 Å². The number of carboxylic acid groups (broad SMARTS) is 1. The normalized spacial score (nSPS) is 17.7. The highest BCUT2D eigenvalue weighted by Crippen LogP contribution is 2.32. The van der Waals surface area contributed by atoms with Crippen LogP contribution in [0.5, 0.6) is 0 Å². The van der Waals surface area contributed by atoms with E-state index in [0.29, 0.717) is 60.0 Å². The van der Waals surface area contributed by atoms with Gasteiger partial charge in [-0.3, -0.25) is 39.0 Å². The number of hydrogen-bond donors (Lipinski definition) is 4. The Bertz CT molecular complexity index is 2290. The average Bonchev–Trinajstić information content (AvgIpc) is 3.39. The Morgan fingerprint density at radius 3 is 2.43 bits per heavy atom. The van der Waals surface area contributed by atoms with Crippen molar-refractivity contribution >= 4 is 63.7 Å². The number of carboxylic acids is 1. The van der Waals surface area contributed by atoms with Crippen LogP contribution in [0, 0.1) is 6.92 Å². The first-order valence-electron chi connectivity index (χ1n) is 17.7. The predicted octanol–water partition coefficient (Wildman–Crippen LogP) is 3.52. The fraction of sp³-hybridized carbons (Fsp3) is 0.308. The quantitative estimate of drug-likeness (QED) is 0.173. The Labute approximate surface area is 308 Å². The number of rotatable bonds is 10. The van der Waals surface area contributed by atoms with Gasteiger partial charge < -0.3 is 30.0 Å². The lowest BCUT2D eigenvalue weighted by atomic mass is 10.0. The molecule has 4 aromatic rings. The number of carbonyl (C=O) groups excluding carboxylic acids is 5. The van der Waals surface area contributed by atoms with Gasteiger partial charge in [0.25, 0.3) is 11.8 Å². The molecule has 0 bridgehead atoms. The minimum Gasteiger partial charge on any atom is -0.478 e. The Hall–Kier alpha value is -6.51. The maximum Gasteiger partial charge on any atom is 0.337 e. The molecule has 2 saturated heterocycles. The van der Waals surface area contributed by atoms with E-state index in [0.717, 1.165) is 10.5 Å². The van der Waals surface area contributed by atoms with Crippen LogP contribution in [-0.2, 0) is 14.4 Å². The minimum absolute atomic E-state index is 0.0341. The topological polar surface area (TPSA) is 199 Å². The molecule has 4 N–H and O–H groups in total. The second kappa shape index (κ2) is 14.5. The van der Waals surface area contributed by atoms with Crippen molar-refractivity contribution in [3.8, 4) is 0 Å². The van der Waals surface area contributed by atoms with Crippen molar-refractivity contribution < 1.29 is 38.3 Å². The van der Waals surface area contributed by atoms with E-state index in [-0.39, 0.29) is 53.8 Å². The van der Waals surface area contributed by atoms with E-state index in [4.69, 9.17) is 4.42 Å². The number of piperazine rings is 1. The van der Waals surface area contributed by atoms with Gasteiger partial charge in [0.05, 0.1) is 28.1 Å². The standard InChI is InChI=1S/C39H38N6O9/c1-21-17-26(22(2)41-29-6-4-3-5-25(29)39(52)53)35-28(18-21)31(46)20-34(54-35)44-15-13-43(14-16-44)33(48)11-12-40-23-7-8-24-27(19-23)38(51)45(37(24)50)30-9-10-32(47)42-36(30)49/h3-8,17-20,22,30,40-41H,9-16H2,1-2H3,(H,52,53)(H,42,47,49)/t22-,30?/m1/s1. The largest absolute Gasteiger partial charge is 0.478 e. The summed E-state index contributed by atoms with van der Waals surface area (Å²) in [5.74, 6) is -3.08. The third-order valence-corrected chi connectivity index (χ3v) is 10.0. The first-order valence-corrected chi connectivity index (χ1v) is 17.7. The third kappa shape index (κ3) is 6.87. The van der Waals surface area contributed by atoms with E-state index in [1.165, 1.54) is 24.3 Å². The van der Waals surface area contributed by atoms with Crippen LogP contribution in [0.3, 0.4) is 0 Å². The maximum atomic E-state index is 13.4. The SMILES string of the molecule is Cc1cc([C@@H](C)Nc2ccccc2C(=O)O)c2oc(N3CCN(C(=O)CCNc4ccc5c(c4)C(=O)N(C4CCC(=O)NC4=O)C5=O)CC3)cc(=O)c2c1. The number of amides is 5. The number of aryl methyl sites for hydroxylation is 1. The molecule has 0 saturated carbocycles. The van der Waals surface area contributed by atoms with Crippen molar-refractivity contribution in [2.45, 2.75) is 45.2 Å². The van der Waals surface area contributed by atoms with Crippen molar-refractivity contribution in [3.05, 3.63) is 98.7 Å². The molecule has 15 nitrogen and oxygen atoms in total. The molecule has 3 aliphatic heterocycles. The second-order valence-electron chi connectivity index (χ2n) is 13.6. The van der Waals surface area contributed by atoms with Crippen LogP contribution in [0.25, 0.3) is 11.0 Å². The third-order valence-electron chi connectivity index (χ3n) is 10.0. The highest BCUT2D eigenvalue weighted by molar-refractivity contribution is 6.23. The zero-order chi connectivity index (χ0) is 38.3. The van der Waals surface area contributed by atoms with Crippen LogP contribution in [0.1, 0.15) is 74.4 Å². The summed E-state index contributed by atoms with van der Waals surface area (Å²) in [6, 6.07) is 15.0. The van der Waals surface area contributed by atoms with Crippen LogP contribution in [0.2, 0.25) is 0 Å². The molecule has 0 spiro atoms. The highest BCUT2D eigenvalue weighted by Gasteiger charge is 2.44. The summed E-state index contributed by atoms with van der Waals surface area (Å²) >= 11 is 0. The minimum atomic E-state index is -1.06. The Morgan fingerprint density at radius 2 is 1.69 bits per heavy atom. The molecule has 1 aromatic heterocycles. The van der Waals surface area contributed by atoms with Crippen molar-refractivity contribution in [2.75, 3.05) is 48.3 Å². The van der Waals surface area contributed by atoms with Gasteiger partial charge in [-0.1, -0.05) is 18.2 Å². The summed E-state index contributed by atoms with van der Waals surface area (Å²) in [6.07, 6.45) is 0.266. The molecule has 3 aromatic carbocycles. The monoisotopic (exact) mass is 734 g/mol. The molecule has 15 heteroatoms. The van der Waals surface area contributed by atoms with Crippen LogP contribution in [-0.4, -0.2) is 89.2 Å². The van der Waals surface area contributed by atoms with Crippen molar-refractivity contribution in [1.82, 2.24) is 15.1 Å². The van der Waals surface area contributed by atoms with Gasteiger partial charge in [-0.25, -0.2) is 4.79 Å². The van der Waals surface area contributed by atoms with E-state index >= 15 is 0 Å². The number of aromatic carboxylic acids is 1. The molecule has 3 aliphatic rings. The van der Waals surface area contributed by atoms with Gasteiger partial charge in [-0.2, -0.15) is 0 Å². The number of benzene rings is 3. The molecule has 278 valence electrons. The number of imide groups is 2. The zero-order valence-electron chi connectivity index (χ0n) is 29.6. The van der Waals surface area contributed by atoms with E-state index in [2.05, 4.69) is 16.0 Å². The number of piperidine rings is 1. The Balaban J connectivity index is 0.967. The fourth-order valence-corrected chi connectivity index (χ4v) is 7.24. The van der Waals surface area contributed by atoms with Gasteiger partial charge in [-0.05, 0) is 62.2 Å². The second-order valence-corrected chi connectivity index (χ2v) is 13.6. The lowest BCUT2D eigenvalue weighted by Gasteiger charge is -2.35. The number of nitrogens with one attached hydrogen (secondary N) is 3. The molecule has 54 heavy (non-hydrogen) atoms. The summed E-state index contributed by atoms with van der Waals surface area (Å²) in [7, 11) is 0. The molecular formula is C39H38N6O9. The molecule has 5 amide bonds. The number of nitrogens with zero attached hydrogens (tertiary/aromatic N) is 3. The number of fused-ring (bicyclic) bond motifs is 2. The summed E-state index contributed by atoms with van der Waals surface area (Å²) in [5, 5.41) is 18.7. The average molecular weight is 735 g/mol. The molecule has 2 fully saturated rings. The number of para-hydroxylation sites is 1. The van der Waals surface area contributed by atoms with Gasteiger partial charge in [0.1, 0.15) is 11.6 Å². The lowest BCUT2D eigenvalue weighted by molar-refractivity contribution is -0.136. The fourth-order valence-electron chi connectivity index (χ4n) is 7.24. The van der Waals surface area contributed by atoms with Crippen molar-refractivity contribution in [3.63, 3.8) is 0 Å². The molecule has 0 radical (unpaired) electrons. The van der Waals surface area contributed by atoms with Gasteiger partial charge in [0.15, 0.2) is 11.3 Å². The zero-order valence-corrected chi connectivity index (χ0v) is 29.6. The van der Waals surface area contributed by atoms with Crippen LogP contribution < -0.4 is 26.3 Å². The molecule has 4 heterocycles. The highest BCUT2D eigenvalue weighted by atomic mass is 16.4. The summed E-state index contributed by atoms with van der Waals surface area (Å²) in [4.78, 5) is 92.9. The van der Waals surface area contributed by atoms with Crippen molar-refractivity contribution in [2.24, 2.45) is 0 Å². The predicted molar refractivity (Wildman–Crippen MR) is 198 cm³/mol. The van der Waals surface area contributed by atoms with Gasteiger partial charge in [0.2, 0.25) is 17.7 Å². The summed E-state index contributed by atoms with van der Waals surface area (Å²) in [5.41, 5.74) is 3.19. The van der Waals surface area contributed by atoms with Gasteiger partial charge in [-0.15, -0.1) is 0 Å². The number of hydrogen-bond acceptors (Lipinski definition) is 11. The number of carbonyl (C=O) groups is 6. The first kappa shape index (κ1) is 35.9. The smallest absolute Gasteiger partial charge is 0.337 e. The lowest BCUT2D eigenvalue weighted by Crippen LogP contribution is -2.54. The van der Waals surface area contributed by atoms with E-state index in [1.54, 1.807) is 35.2 Å². The summed E-state index contributed by atoms with van der Waals surface area (Å²) < 4.78 is 6.39. The maximum absolute atomic E-state index is 13.4. The van der Waals surface area contributed by atoms with Crippen LogP contribution >= 0.6 is 0 Å². The van der Waals surface area contributed by atoms with Crippen molar-refractivity contribution in [1.29, 1.82) is 0 Å². The first-order chi connectivity index (χ1) is 25.9. The molecule has 7 rings (SSSR count). The van der Waals surface area contributed by atoms with Crippen LogP contribution in [0.15, 0.2) is 69.9 Å². The molecule has 0 aliphatic carbocycles. The van der Waals surface area contributed by atoms with Crippen LogP contribution in [0.4, 0.5) is 17.3 Å². The summed E-state index contributed by atoms with van der Waals surface area (Å²) in [6.45, 7) is 5.68. The Morgan fingerprint density at radius 1 is 0.944 bits per heavy atom. The molecule has 1 unspecified atom stereocenters. The number of anilines is 3. The van der Waals surface area contributed by atoms with E-state index in [9.17, 15) is 38.7 Å². The Kier molecular flexibility index (Phi) is 9.62. The van der Waals surface area contributed by atoms with E-state index in [1.807, 2.05) is 24.8 Å². The molecule has 2 atom stereocenters. The van der Waals surface area contributed by atoms with Gasteiger partial charge >= 0.3 is 5.97 Å². The van der Waals surface area contributed by atoms with Gasteiger partial charge in [0, 0.05) is 68.6 Å². The molecular weight excluding hydrogens is 696 g/mol.